The molecule has 8 heteroatoms. The van der Waals surface area contributed by atoms with Crippen molar-refractivity contribution in [1.29, 1.82) is 0 Å². The van der Waals surface area contributed by atoms with Crippen LogP contribution in [0.2, 0.25) is 0 Å². The molecule has 0 fully saturated rings. The number of nitrogens with one attached hydrogen (secondary N) is 2. The summed E-state index contributed by atoms with van der Waals surface area (Å²) >= 11 is 0. The van der Waals surface area contributed by atoms with Crippen LogP contribution in [0.3, 0.4) is 0 Å². The van der Waals surface area contributed by atoms with Crippen LogP contribution < -0.4 is 20.1 Å². The van der Waals surface area contributed by atoms with E-state index in [0.29, 0.717) is 0 Å². The molecule has 2 N–H and O–H groups in total. The fourth-order valence-electron chi connectivity index (χ4n) is 2.79. The second-order valence-electron chi connectivity index (χ2n) is 6.01. The molecule has 0 saturated carbocycles. The SMILES string of the molecule is CCc1nncn1CCNC(=NC)NCCCc1ccc(OC)c(OC)c1. The standard InChI is InChI=1S/C19H30N6O2/c1-5-18-24-23-14-25(18)12-11-22-19(20-2)21-10-6-7-15-8-9-16(26-3)17(13-15)27-4/h8-9,13-14H,5-7,10-12H2,1-4H3,(H2,20,21,22). The molecule has 0 spiro atoms. The van der Waals surface area contributed by atoms with Gasteiger partial charge in [0.1, 0.15) is 12.2 Å². The molecular weight excluding hydrogens is 344 g/mol. The molecule has 27 heavy (non-hydrogen) atoms. The zero-order valence-corrected chi connectivity index (χ0v) is 16.7. The molecule has 0 atom stereocenters. The predicted octanol–water partition coefficient (Wildman–Crippen LogP) is 1.66. The van der Waals surface area contributed by atoms with E-state index in [1.165, 1.54) is 5.56 Å². The number of benzene rings is 1. The summed E-state index contributed by atoms with van der Waals surface area (Å²) in [6.07, 6.45) is 4.58. The van der Waals surface area contributed by atoms with Gasteiger partial charge in [0.2, 0.25) is 0 Å². The van der Waals surface area contributed by atoms with Crippen molar-refractivity contribution in [3.05, 3.63) is 35.9 Å². The average molecular weight is 374 g/mol. The number of methoxy groups -OCH3 is 2. The van der Waals surface area contributed by atoms with Gasteiger partial charge in [0.15, 0.2) is 17.5 Å². The second-order valence-corrected chi connectivity index (χ2v) is 6.01. The molecule has 0 radical (unpaired) electrons. The van der Waals surface area contributed by atoms with Gasteiger partial charge in [-0.1, -0.05) is 13.0 Å². The number of guanidine groups is 1. The Morgan fingerprint density at radius 1 is 1.15 bits per heavy atom. The van der Waals surface area contributed by atoms with Crippen LogP contribution in [-0.4, -0.2) is 55.1 Å². The van der Waals surface area contributed by atoms with Gasteiger partial charge in [-0.2, -0.15) is 0 Å². The van der Waals surface area contributed by atoms with Gasteiger partial charge in [-0.15, -0.1) is 10.2 Å². The highest BCUT2D eigenvalue weighted by molar-refractivity contribution is 5.79. The van der Waals surface area contributed by atoms with Crippen LogP contribution >= 0.6 is 0 Å². The molecule has 148 valence electrons. The van der Waals surface area contributed by atoms with Crippen molar-refractivity contribution in [2.75, 3.05) is 34.4 Å². The van der Waals surface area contributed by atoms with Gasteiger partial charge in [-0.3, -0.25) is 4.99 Å². The van der Waals surface area contributed by atoms with E-state index >= 15 is 0 Å². The molecule has 2 rings (SSSR count). The third-order valence-corrected chi connectivity index (χ3v) is 4.26. The number of nitrogens with zero attached hydrogens (tertiary/aromatic N) is 4. The zero-order valence-electron chi connectivity index (χ0n) is 16.7. The number of hydrogen-bond donors (Lipinski definition) is 2. The summed E-state index contributed by atoms with van der Waals surface area (Å²) in [5.41, 5.74) is 1.22. The van der Waals surface area contributed by atoms with Crippen molar-refractivity contribution in [3.8, 4) is 11.5 Å². The Labute approximate surface area is 161 Å². The first-order valence-electron chi connectivity index (χ1n) is 9.23. The van der Waals surface area contributed by atoms with Crippen LogP contribution in [0, 0.1) is 0 Å². The smallest absolute Gasteiger partial charge is 0.191 e. The highest BCUT2D eigenvalue weighted by atomic mass is 16.5. The summed E-state index contributed by atoms with van der Waals surface area (Å²) in [5, 5.41) is 14.7. The number of hydrogen-bond acceptors (Lipinski definition) is 5. The van der Waals surface area contributed by atoms with Gasteiger partial charge in [0.25, 0.3) is 0 Å². The van der Waals surface area contributed by atoms with Crippen LogP contribution in [0.25, 0.3) is 0 Å². The second kappa shape index (κ2) is 11.1. The number of ether oxygens (including phenoxy) is 2. The van der Waals surface area contributed by atoms with Gasteiger partial charge < -0.3 is 24.7 Å². The molecule has 8 nitrogen and oxygen atoms in total. The van der Waals surface area contributed by atoms with Gasteiger partial charge in [0, 0.05) is 33.1 Å². The Morgan fingerprint density at radius 2 is 1.93 bits per heavy atom. The topological polar surface area (TPSA) is 85.6 Å². The van der Waals surface area contributed by atoms with E-state index in [-0.39, 0.29) is 0 Å². The first kappa shape index (κ1) is 20.5. The molecular formula is C19H30N6O2. The van der Waals surface area contributed by atoms with Gasteiger partial charge in [-0.25, -0.2) is 0 Å². The molecule has 1 heterocycles. The van der Waals surface area contributed by atoms with Crippen molar-refractivity contribution < 1.29 is 9.47 Å². The average Bonchev–Trinajstić information content (AvgIpc) is 3.17. The van der Waals surface area contributed by atoms with E-state index in [4.69, 9.17) is 9.47 Å². The lowest BCUT2D eigenvalue weighted by molar-refractivity contribution is 0.354. The molecule has 0 saturated heterocycles. The van der Waals surface area contributed by atoms with E-state index in [0.717, 1.165) is 62.2 Å². The Kier molecular flexibility index (Phi) is 8.41. The van der Waals surface area contributed by atoms with E-state index in [1.807, 2.05) is 12.1 Å². The summed E-state index contributed by atoms with van der Waals surface area (Å²) in [7, 11) is 5.08. The number of aryl methyl sites for hydroxylation is 2. The highest BCUT2D eigenvalue weighted by Crippen LogP contribution is 2.27. The van der Waals surface area contributed by atoms with Crippen molar-refractivity contribution in [3.63, 3.8) is 0 Å². The Bertz CT molecular complexity index is 729. The lowest BCUT2D eigenvalue weighted by Crippen LogP contribution is -2.39. The maximum absolute atomic E-state index is 5.35. The fourth-order valence-corrected chi connectivity index (χ4v) is 2.79. The molecule has 0 aliphatic heterocycles. The maximum Gasteiger partial charge on any atom is 0.191 e. The Hall–Kier alpha value is -2.77. The summed E-state index contributed by atoms with van der Waals surface area (Å²) in [6, 6.07) is 6.03. The largest absolute Gasteiger partial charge is 0.493 e. The summed E-state index contributed by atoms with van der Waals surface area (Å²) < 4.78 is 12.7. The molecule has 1 aromatic carbocycles. The molecule has 0 bridgehead atoms. The molecule has 0 unspecified atom stereocenters. The monoisotopic (exact) mass is 374 g/mol. The van der Waals surface area contributed by atoms with E-state index in [2.05, 4.69) is 43.4 Å². The first-order chi connectivity index (χ1) is 13.2. The maximum atomic E-state index is 5.35. The summed E-state index contributed by atoms with van der Waals surface area (Å²) in [5.74, 6) is 3.31. The van der Waals surface area contributed by atoms with Crippen molar-refractivity contribution in [2.24, 2.45) is 4.99 Å². The summed E-state index contributed by atoms with van der Waals surface area (Å²) in [6.45, 7) is 4.48. The molecule has 0 aliphatic rings. The lowest BCUT2D eigenvalue weighted by atomic mass is 10.1. The number of aliphatic imine (C=N–C) groups is 1. The van der Waals surface area contributed by atoms with Gasteiger partial charge in [0.05, 0.1) is 14.2 Å². The minimum atomic E-state index is 0.753. The van der Waals surface area contributed by atoms with Crippen molar-refractivity contribution in [2.45, 2.75) is 32.7 Å². The highest BCUT2D eigenvalue weighted by Gasteiger charge is 2.05. The third kappa shape index (κ3) is 6.16. The lowest BCUT2D eigenvalue weighted by Gasteiger charge is -2.13. The van der Waals surface area contributed by atoms with Gasteiger partial charge >= 0.3 is 0 Å². The quantitative estimate of drug-likeness (QED) is 0.374. The number of rotatable bonds is 10. The van der Waals surface area contributed by atoms with Crippen molar-refractivity contribution in [1.82, 2.24) is 25.4 Å². The van der Waals surface area contributed by atoms with Crippen LogP contribution in [0.4, 0.5) is 0 Å². The molecule has 1 aromatic heterocycles. The van der Waals surface area contributed by atoms with Crippen LogP contribution in [-0.2, 0) is 19.4 Å². The molecule has 0 aliphatic carbocycles. The van der Waals surface area contributed by atoms with E-state index in [9.17, 15) is 0 Å². The Morgan fingerprint density at radius 3 is 2.63 bits per heavy atom. The van der Waals surface area contributed by atoms with Crippen LogP contribution in [0.5, 0.6) is 11.5 Å². The van der Waals surface area contributed by atoms with Crippen molar-refractivity contribution >= 4 is 5.96 Å². The van der Waals surface area contributed by atoms with E-state index in [1.54, 1.807) is 27.6 Å². The van der Waals surface area contributed by atoms with E-state index < -0.39 is 0 Å². The summed E-state index contributed by atoms with van der Waals surface area (Å²) in [4.78, 5) is 4.26. The van der Waals surface area contributed by atoms with Crippen LogP contribution in [0.1, 0.15) is 24.7 Å². The zero-order chi connectivity index (χ0) is 19.5. The first-order valence-corrected chi connectivity index (χ1v) is 9.23. The van der Waals surface area contributed by atoms with Gasteiger partial charge in [-0.05, 0) is 30.5 Å². The molecule has 0 amide bonds. The number of aromatic nitrogens is 3. The normalized spacial score (nSPS) is 11.3. The minimum absolute atomic E-state index is 0.753. The molecule has 2 aromatic rings. The minimum Gasteiger partial charge on any atom is -0.493 e. The Balaban J connectivity index is 1.70. The predicted molar refractivity (Wildman–Crippen MR) is 107 cm³/mol. The van der Waals surface area contributed by atoms with Crippen LogP contribution in [0.15, 0.2) is 29.5 Å². The third-order valence-electron chi connectivity index (χ3n) is 4.26. The fraction of sp³-hybridized carbons (Fsp3) is 0.526.